The zero-order valence-electron chi connectivity index (χ0n) is 18.2. The highest BCUT2D eigenvalue weighted by molar-refractivity contribution is 5.77. The van der Waals surface area contributed by atoms with Crippen molar-refractivity contribution in [2.45, 2.75) is 51.7 Å². The van der Waals surface area contributed by atoms with Gasteiger partial charge in [0.25, 0.3) is 0 Å². The van der Waals surface area contributed by atoms with Crippen LogP contribution in [0.1, 0.15) is 43.0 Å². The molecule has 7 nitrogen and oxygen atoms in total. The minimum absolute atomic E-state index is 0.115. The van der Waals surface area contributed by atoms with E-state index < -0.39 is 24.3 Å². The number of aryl methyl sites for hydroxylation is 2. The summed E-state index contributed by atoms with van der Waals surface area (Å²) >= 11 is 0. The maximum Gasteiger partial charge on any atom is 0.416 e. The number of hydrogen-bond donors (Lipinski definition) is 3. The summed E-state index contributed by atoms with van der Waals surface area (Å²) in [5.74, 6) is 0.454. The Labute approximate surface area is 185 Å². The first-order valence-corrected chi connectivity index (χ1v) is 10.7. The number of halogens is 3. The summed E-state index contributed by atoms with van der Waals surface area (Å²) in [5, 5.41) is 14.7. The van der Waals surface area contributed by atoms with Gasteiger partial charge in [-0.05, 0) is 43.9 Å². The van der Waals surface area contributed by atoms with E-state index in [-0.39, 0.29) is 23.2 Å². The number of nitrogens with one attached hydrogen (secondary N) is 2. The molecule has 2 aromatic rings. The number of nitrogens with zero attached hydrogens (tertiary/aromatic N) is 3. The van der Waals surface area contributed by atoms with Crippen molar-refractivity contribution in [3.05, 3.63) is 41.1 Å². The number of carbonyl (C=O) groups is 1. The van der Waals surface area contributed by atoms with Crippen molar-refractivity contribution in [3.63, 3.8) is 0 Å². The van der Waals surface area contributed by atoms with Crippen molar-refractivity contribution in [1.29, 1.82) is 0 Å². The van der Waals surface area contributed by atoms with Gasteiger partial charge in [-0.15, -0.1) is 0 Å². The lowest BCUT2D eigenvalue weighted by Gasteiger charge is -2.34. The number of aliphatic hydroxyl groups excluding tert-OH is 1. The molecule has 1 aromatic carbocycles. The highest BCUT2D eigenvalue weighted by Gasteiger charge is 2.32. The van der Waals surface area contributed by atoms with Gasteiger partial charge in [0.2, 0.25) is 11.9 Å². The van der Waals surface area contributed by atoms with E-state index in [4.69, 9.17) is 5.11 Å². The Hall–Kier alpha value is -2.88. The van der Waals surface area contributed by atoms with Crippen LogP contribution in [0.5, 0.6) is 0 Å². The van der Waals surface area contributed by atoms with Crippen molar-refractivity contribution in [3.8, 4) is 0 Å². The molecule has 10 heteroatoms. The summed E-state index contributed by atoms with van der Waals surface area (Å²) in [6, 6.07) is 5.81. The van der Waals surface area contributed by atoms with Gasteiger partial charge in [0, 0.05) is 36.6 Å². The number of benzene rings is 1. The van der Waals surface area contributed by atoms with Crippen LogP contribution in [0.25, 0.3) is 0 Å². The molecule has 1 atom stereocenters. The van der Waals surface area contributed by atoms with Gasteiger partial charge in [-0.2, -0.15) is 18.2 Å². The predicted molar refractivity (Wildman–Crippen MR) is 116 cm³/mol. The maximum absolute atomic E-state index is 13.3. The largest absolute Gasteiger partial charge is 0.416 e. The number of aliphatic hydroxyl groups is 1. The van der Waals surface area contributed by atoms with E-state index >= 15 is 0 Å². The maximum atomic E-state index is 13.3. The third-order valence-corrected chi connectivity index (χ3v) is 5.33. The van der Waals surface area contributed by atoms with Crippen molar-refractivity contribution in [2.24, 2.45) is 0 Å². The summed E-state index contributed by atoms with van der Waals surface area (Å²) in [5.41, 5.74) is 0.485. The first-order valence-electron chi connectivity index (χ1n) is 10.7. The van der Waals surface area contributed by atoms with E-state index in [1.54, 1.807) is 6.07 Å². The molecule has 0 bridgehead atoms. The molecule has 1 saturated heterocycles. The van der Waals surface area contributed by atoms with Gasteiger partial charge in [-0.25, -0.2) is 4.98 Å². The van der Waals surface area contributed by atoms with E-state index in [1.165, 1.54) is 13.0 Å². The highest BCUT2D eigenvalue weighted by atomic mass is 19.4. The lowest BCUT2D eigenvalue weighted by atomic mass is 10.1. The summed E-state index contributed by atoms with van der Waals surface area (Å²) in [6.07, 6.45) is -1.26. The van der Waals surface area contributed by atoms with E-state index in [0.29, 0.717) is 18.8 Å². The average Bonchev–Trinajstić information content (AvgIpc) is 2.74. The van der Waals surface area contributed by atoms with Crippen molar-refractivity contribution in [1.82, 2.24) is 15.3 Å². The fraction of sp³-hybridized carbons (Fsp3) is 0.500. The quantitative estimate of drug-likeness (QED) is 0.596. The SMILES string of the molecule is CCCc1cc(N2CCC[C@@H](NC(=O)CO)C2)nc(Nc2ccc(C)c(C(F)(F)F)c2)n1. The minimum Gasteiger partial charge on any atom is -0.387 e. The number of piperidine rings is 1. The smallest absolute Gasteiger partial charge is 0.387 e. The lowest BCUT2D eigenvalue weighted by Crippen LogP contribution is -2.48. The van der Waals surface area contributed by atoms with Gasteiger partial charge in [0.05, 0.1) is 5.56 Å². The zero-order valence-corrected chi connectivity index (χ0v) is 18.2. The van der Waals surface area contributed by atoms with Gasteiger partial charge >= 0.3 is 6.18 Å². The first kappa shape index (κ1) is 23.8. The summed E-state index contributed by atoms with van der Waals surface area (Å²) < 4.78 is 39.8. The van der Waals surface area contributed by atoms with Crippen molar-refractivity contribution in [2.75, 3.05) is 29.9 Å². The van der Waals surface area contributed by atoms with E-state index in [1.807, 2.05) is 17.9 Å². The van der Waals surface area contributed by atoms with Gasteiger partial charge in [-0.3, -0.25) is 4.79 Å². The van der Waals surface area contributed by atoms with Gasteiger partial charge < -0.3 is 20.6 Å². The number of carbonyl (C=O) groups excluding carboxylic acids is 1. The Bertz CT molecular complexity index is 952. The lowest BCUT2D eigenvalue weighted by molar-refractivity contribution is -0.138. The number of anilines is 3. The van der Waals surface area contributed by atoms with Crippen LogP contribution in [-0.2, 0) is 17.4 Å². The molecule has 1 aromatic heterocycles. The molecule has 2 heterocycles. The van der Waals surface area contributed by atoms with E-state index in [0.717, 1.165) is 37.6 Å². The molecule has 3 rings (SSSR count). The molecular formula is C22H28F3N5O2. The van der Waals surface area contributed by atoms with Gasteiger partial charge in [-0.1, -0.05) is 19.4 Å². The number of aromatic nitrogens is 2. The summed E-state index contributed by atoms with van der Waals surface area (Å²) in [4.78, 5) is 22.6. The third-order valence-electron chi connectivity index (χ3n) is 5.33. The van der Waals surface area contributed by atoms with Crippen molar-refractivity contribution >= 4 is 23.4 Å². The average molecular weight is 451 g/mol. The van der Waals surface area contributed by atoms with Crippen LogP contribution in [0.2, 0.25) is 0 Å². The van der Waals surface area contributed by atoms with Crippen LogP contribution in [0.3, 0.4) is 0 Å². The molecule has 1 aliphatic rings. The molecule has 0 unspecified atom stereocenters. The second-order valence-corrected chi connectivity index (χ2v) is 7.95. The molecule has 32 heavy (non-hydrogen) atoms. The topological polar surface area (TPSA) is 90.4 Å². The molecule has 1 amide bonds. The van der Waals surface area contributed by atoms with Crippen LogP contribution in [0, 0.1) is 6.92 Å². The van der Waals surface area contributed by atoms with Crippen LogP contribution in [0.4, 0.5) is 30.6 Å². The standard InChI is InChI=1S/C22H28F3N5O2/c1-3-5-15-11-19(30-9-4-6-17(12-30)26-20(32)13-31)29-21(27-15)28-16-8-7-14(2)18(10-16)22(23,24)25/h7-8,10-11,17,31H,3-6,9,12-13H2,1-2H3,(H,26,32)(H,27,28,29)/t17-/m1/s1. The minimum atomic E-state index is -4.44. The first-order chi connectivity index (χ1) is 15.2. The van der Waals surface area contributed by atoms with Crippen LogP contribution < -0.4 is 15.5 Å². The summed E-state index contributed by atoms with van der Waals surface area (Å²) in [7, 11) is 0. The highest BCUT2D eigenvalue weighted by Crippen LogP contribution is 2.34. The number of rotatable bonds is 7. The number of amides is 1. The van der Waals surface area contributed by atoms with Gasteiger partial charge in [0.15, 0.2) is 0 Å². The monoisotopic (exact) mass is 451 g/mol. The fourth-order valence-electron chi connectivity index (χ4n) is 3.80. The van der Waals surface area contributed by atoms with Crippen LogP contribution in [-0.4, -0.2) is 46.7 Å². The second kappa shape index (κ2) is 10.2. The Morgan fingerprint density at radius 3 is 2.75 bits per heavy atom. The zero-order chi connectivity index (χ0) is 23.3. The molecule has 3 N–H and O–H groups in total. The third kappa shape index (κ3) is 6.09. The molecule has 1 aliphatic heterocycles. The Morgan fingerprint density at radius 2 is 2.06 bits per heavy atom. The molecule has 0 spiro atoms. The van der Waals surface area contributed by atoms with E-state index in [9.17, 15) is 18.0 Å². The van der Waals surface area contributed by atoms with Crippen molar-refractivity contribution < 1.29 is 23.1 Å². The Balaban J connectivity index is 1.86. The Kier molecular flexibility index (Phi) is 7.55. The van der Waals surface area contributed by atoms with Crippen LogP contribution in [0.15, 0.2) is 24.3 Å². The van der Waals surface area contributed by atoms with Crippen LogP contribution >= 0.6 is 0 Å². The van der Waals surface area contributed by atoms with Gasteiger partial charge in [0.1, 0.15) is 12.4 Å². The Morgan fingerprint density at radius 1 is 1.28 bits per heavy atom. The molecule has 1 fully saturated rings. The van der Waals surface area contributed by atoms with E-state index in [2.05, 4.69) is 20.6 Å². The number of hydrogen-bond acceptors (Lipinski definition) is 6. The predicted octanol–water partition coefficient (Wildman–Crippen LogP) is 3.58. The fourth-order valence-corrected chi connectivity index (χ4v) is 3.80. The molecule has 174 valence electrons. The number of alkyl halides is 3. The summed E-state index contributed by atoms with van der Waals surface area (Å²) in [6.45, 7) is 4.14. The normalized spacial score (nSPS) is 16.7. The molecule has 0 saturated carbocycles. The molecule has 0 radical (unpaired) electrons. The molecule has 0 aliphatic carbocycles. The molecular weight excluding hydrogens is 423 g/mol. The second-order valence-electron chi connectivity index (χ2n) is 7.95.